The highest BCUT2D eigenvalue weighted by atomic mass is 16.5. The van der Waals surface area contributed by atoms with Crippen LogP contribution in [0.3, 0.4) is 0 Å². The number of benzene rings is 1. The van der Waals surface area contributed by atoms with Gasteiger partial charge in [-0.2, -0.15) is 5.10 Å². The molecule has 1 aliphatic heterocycles. The van der Waals surface area contributed by atoms with Crippen LogP contribution in [0.1, 0.15) is 12.0 Å². The first-order valence-corrected chi connectivity index (χ1v) is 6.62. The lowest BCUT2D eigenvalue weighted by atomic mass is 10.2. The van der Waals surface area contributed by atoms with Gasteiger partial charge in [0.2, 0.25) is 0 Å². The second kappa shape index (κ2) is 6.08. The van der Waals surface area contributed by atoms with Crippen LogP contribution in [0.15, 0.2) is 48.7 Å². The quantitative estimate of drug-likeness (QED) is 0.632. The zero-order valence-electron chi connectivity index (χ0n) is 11.3. The number of rotatable bonds is 5. The highest BCUT2D eigenvalue weighted by Crippen LogP contribution is 2.11. The number of hydrazine groups is 1. The minimum absolute atomic E-state index is 0.337. The van der Waals surface area contributed by atoms with Crippen molar-refractivity contribution in [3.8, 4) is 0 Å². The van der Waals surface area contributed by atoms with E-state index in [0.29, 0.717) is 18.8 Å². The lowest BCUT2D eigenvalue weighted by molar-refractivity contribution is -0.140. The highest BCUT2D eigenvalue weighted by Gasteiger charge is 2.14. The number of aromatic nitrogens is 3. The summed E-state index contributed by atoms with van der Waals surface area (Å²) in [5.74, 6) is -0.337. The average Bonchev–Trinajstić information content (AvgIpc) is 3.01. The zero-order valence-corrected chi connectivity index (χ0v) is 11.3. The number of anilines is 1. The number of esters is 1. The van der Waals surface area contributed by atoms with Crippen LogP contribution < -0.4 is 10.9 Å². The number of hydrogen-bond donors (Lipinski definition) is 2. The van der Waals surface area contributed by atoms with Crippen molar-refractivity contribution in [2.24, 2.45) is 0 Å². The van der Waals surface area contributed by atoms with E-state index in [2.05, 4.69) is 20.9 Å². The molecule has 0 saturated heterocycles. The van der Waals surface area contributed by atoms with E-state index in [9.17, 15) is 4.79 Å². The standard InChI is InChI=1S/C14H15N5O2/c20-14-13(2-1-7-21-14)18-17-12-5-3-11(4-6-12)8-19-10-15-9-16-19/h2-6,9-10,17-18H,1,7-8H2. The maximum absolute atomic E-state index is 11.4. The lowest BCUT2D eigenvalue weighted by Gasteiger charge is -2.16. The van der Waals surface area contributed by atoms with Crippen molar-refractivity contribution < 1.29 is 9.53 Å². The molecule has 1 aromatic heterocycles. The number of ether oxygens (including phenoxy) is 1. The highest BCUT2D eigenvalue weighted by molar-refractivity contribution is 5.88. The summed E-state index contributed by atoms with van der Waals surface area (Å²) in [6, 6.07) is 7.82. The van der Waals surface area contributed by atoms with Gasteiger partial charge in [-0.3, -0.25) is 5.43 Å². The molecule has 2 heterocycles. The van der Waals surface area contributed by atoms with Crippen LogP contribution >= 0.6 is 0 Å². The fourth-order valence-electron chi connectivity index (χ4n) is 1.95. The summed E-state index contributed by atoms with van der Waals surface area (Å²) in [4.78, 5) is 15.3. The van der Waals surface area contributed by atoms with Crippen molar-refractivity contribution in [2.45, 2.75) is 13.0 Å². The topological polar surface area (TPSA) is 81.1 Å². The Hall–Kier alpha value is -2.83. The Morgan fingerprint density at radius 3 is 2.81 bits per heavy atom. The van der Waals surface area contributed by atoms with E-state index in [1.54, 1.807) is 11.0 Å². The predicted molar refractivity (Wildman–Crippen MR) is 76.0 cm³/mol. The van der Waals surface area contributed by atoms with Gasteiger partial charge in [0.1, 0.15) is 18.4 Å². The molecule has 0 saturated carbocycles. The zero-order chi connectivity index (χ0) is 14.5. The van der Waals surface area contributed by atoms with Gasteiger partial charge in [-0.05, 0) is 23.8 Å². The van der Waals surface area contributed by atoms with Crippen LogP contribution in [0.5, 0.6) is 0 Å². The second-order valence-electron chi connectivity index (χ2n) is 4.58. The molecule has 108 valence electrons. The van der Waals surface area contributed by atoms with E-state index < -0.39 is 0 Å². The van der Waals surface area contributed by atoms with Crippen LogP contribution in [0, 0.1) is 0 Å². The smallest absolute Gasteiger partial charge is 0.355 e. The molecule has 0 spiro atoms. The molecule has 1 aliphatic rings. The molecule has 0 amide bonds. The largest absolute Gasteiger partial charge is 0.461 e. The van der Waals surface area contributed by atoms with Crippen LogP contribution in [-0.2, 0) is 16.1 Å². The first-order valence-electron chi connectivity index (χ1n) is 6.62. The van der Waals surface area contributed by atoms with Gasteiger partial charge in [-0.25, -0.2) is 14.5 Å². The van der Waals surface area contributed by atoms with Crippen LogP contribution in [-0.4, -0.2) is 27.3 Å². The summed E-state index contributed by atoms with van der Waals surface area (Å²) >= 11 is 0. The summed E-state index contributed by atoms with van der Waals surface area (Å²) in [7, 11) is 0. The Kier molecular flexibility index (Phi) is 3.81. The Morgan fingerprint density at radius 2 is 2.10 bits per heavy atom. The maximum atomic E-state index is 11.4. The molecule has 2 N–H and O–H groups in total. The Morgan fingerprint density at radius 1 is 1.24 bits per heavy atom. The SMILES string of the molecule is O=C1OCCC=C1NNc1ccc(Cn2cncn2)cc1. The molecule has 1 aromatic carbocycles. The van der Waals surface area contributed by atoms with Gasteiger partial charge >= 0.3 is 5.97 Å². The average molecular weight is 285 g/mol. The van der Waals surface area contributed by atoms with Gasteiger partial charge in [0.25, 0.3) is 0 Å². The Labute approximate surface area is 121 Å². The van der Waals surface area contributed by atoms with Gasteiger partial charge in [0.15, 0.2) is 0 Å². The van der Waals surface area contributed by atoms with Crippen molar-refractivity contribution in [2.75, 3.05) is 12.0 Å². The monoisotopic (exact) mass is 285 g/mol. The molecule has 0 radical (unpaired) electrons. The number of carbonyl (C=O) groups is 1. The van der Waals surface area contributed by atoms with Crippen LogP contribution in [0.4, 0.5) is 5.69 Å². The number of nitrogens with one attached hydrogen (secondary N) is 2. The molecule has 3 rings (SSSR count). The molecular weight excluding hydrogens is 270 g/mol. The first-order chi connectivity index (χ1) is 10.3. The molecule has 0 bridgehead atoms. The minimum atomic E-state index is -0.337. The molecule has 0 atom stereocenters. The van der Waals surface area contributed by atoms with Gasteiger partial charge in [0, 0.05) is 6.42 Å². The third-order valence-corrected chi connectivity index (χ3v) is 3.03. The van der Waals surface area contributed by atoms with E-state index in [1.165, 1.54) is 6.33 Å². The lowest BCUT2D eigenvalue weighted by Crippen LogP contribution is -2.29. The molecular formula is C14H15N5O2. The van der Waals surface area contributed by atoms with Gasteiger partial charge in [0.05, 0.1) is 18.8 Å². The van der Waals surface area contributed by atoms with Crippen LogP contribution in [0.25, 0.3) is 0 Å². The van der Waals surface area contributed by atoms with E-state index in [4.69, 9.17) is 4.74 Å². The van der Waals surface area contributed by atoms with Gasteiger partial charge < -0.3 is 10.2 Å². The number of nitrogens with zero attached hydrogens (tertiary/aromatic N) is 3. The van der Waals surface area contributed by atoms with Crippen LogP contribution in [0.2, 0.25) is 0 Å². The summed E-state index contributed by atoms with van der Waals surface area (Å²) in [6.07, 6.45) is 5.73. The van der Waals surface area contributed by atoms with E-state index in [-0.39, 0.29) is 5.97 Å². The summed E-state index contributed by atoms with van der Waals surface area (Å²) in [5.41, 5.74) is 8.25. The molecule has 7 heteroatoms. The van der Waals surface area contributed by atoms with E-state index in [1.807, 2.05) is 30.3 Å². The van der Waals surface area contributed by atoms with Crippen molar-refractivity contribution >= 4 is 11.7 Å². The Bertz CT molecular complexity index is 634. The Balaban J connectivity index is 1.57. The van der Waals surface area contributed by atoms with Gasteiger partial charge in [-0.15, -0.1) is 0 Å². The summed E-state index contributed by atoms with van der Waals surface area (Å²) in [5, 5.41) is 4.06. The second-order valence-corrected chi connectivity index (χ2v) is 4.58. The normalized spacial score (nSPS) is 14.3. The molecule has 2 aromatic rings. The van der Waals surface area contributed by atoms with Crippen molar-refractivity contribution in [1.29, 1.82) is 0 Å². The molecule has 21 heavy (non-hydrogen) atoms. The van der Waals surface area contributed by atoms with Gasteiger partial charge in [-0.1, -0.05) is 12.1 Å². The fourth-order valence-corrected chi connectivity index (χ4v) is 1.95. The summed E-state index contributed by atoms with van der Waals surface area (Å²) < 4.78 is 6.68. The number of cyclic esters (lactones) is 1. The molecule has 0 unspecified atom stereocenters. The van der Waals surface area contributed by atoms with Crippen molar-refractivity contribution in [1.82, 2.24) is 20.2 Å². The predicted octanol–water partition coefficient (Wildman–Crippen LogP) is 1.07. The minimum Gasteiger partial charge on any atom is -0.461 e. The van der Waals surface area contributed by atoms with E-state index in [0.717, 1.165) is 17.7 Å². The third kappa shape index (κ3) is 3.38. The molecule has 0 aliphatic carbocycles. The van der Waals surface area contributed by atoms with E-state index >= 15 is 0 Å². The first kappa shape index (κ1) is 13.2. The number of hydrogen-bond acceptors (Lipinski definition) is 6. The van der Waals surface area contributed by atoms with Crippen molar-refractivity contribution in [3.05, 3.63) is 54.3 Å². The molecule has 0 fully saturated rings. The number of carbonyl (C=O) groups excluding carboxylic acids is 1. The maximum Gasteiger partial charge on any atom is 0.355 e. The third-order valence-electron chi connectivity index (χ3n) is 3.03. The van der Waals surface area contributed by atoms with Crippen molar-refractivity contribution in [3.63, 3.8) is 0 Å². The molecule has 7 nitrogen and oxygen atoms in total. The summed E-state index contributed by atoms with van der Waals surface area (Å²) in [6.45, 7) is 1.12. The fraction of sp³-hybridized carbons (Fsp3) is 0.214.